The Balaban J connectivity index is 1.46. The van der Waals surface area contributed by atoms with Crippen LogP contribution < -0.4 is 5.32 Å². The Kier molecular flexibility index (Phi) is 4.65. The van der Waals surface area contributed by atoms with Crippen LogP contribution in [0.15, 0.2) is 18.3 Å². The number of piperidine rings is 2. The second-order valence-electron chi connectivity index (χ2n) is 8.43. The number of likely N-dealkylation sites (N-methyl/N-ethyl adjacent to an activating group) is 1. The molecule has 1 aromatic heterocycles. The molecule has 3 saturated heterocycles. The summed E-state index contributed by atoms with van der Waals surface area (Å²) < 4.78 is 5.70. The Labute approximate surface area is 155 Å². The number of likely N-dealkylation sites (tertiary alicyclic amines) is 1. The number of pyridine rings is 1. The van der Waals surface area contributed by atoms with Crippen LogP contribution in [-0.4, -0.2) is 72.8 Å². The summed E-state index contributed by atoms with van der Waals surface area (Å²) in [4.78, 5) is 20.9. The highest BCUT2D eigenvalue weighted by Crippen LogP contribution is 2.37. The molecule has 0 aliphatic carbocycles. The third-order valence-corrected chi connectivity index (χ3v) is 6.45. The lowest BCUT2D eigenvalue weighted by Crippen LogP contribution is -2.53. The van der Waals surface area contributed by atoms with E-state index in [1.54, 1.807) is 4.90 Å². The number of aromatic nitrogens is 1. The molecule has 3 aliphatic rings. The lowest BCUT2D eigenvalue weighted by molar-refractivity contribution is -0.00629. The molecule has 0 aromatic carbocycles. The second kappa shape index (κ2) is 6.82. The molecule has 142 valence electrons. The summed E-state index contributed by atoms with van der Waals surface area (Å²) in [7, 11) is 1.83. The predicted molar refractivity (Wildman–Crippen MR) is 100 cm³/mol. The maximum atomic E-state index is 11.8. The number of nitrogens with one attached hydrogen (secondary N) is 1. The standard InChI is InChI=1S/C20H30N4O2/c1-16-3-4-17(22-13-16)19(5-9-21-10-6-19)14-24-11-7-20(8-12-24)15-23(2)18(25)26-20/h3-4,13,21H,5-12,14-15H2,1-2H3. The average molecular weight is 358 g/mol. The van der Waals surface area contributed by atoms with Gasteiger partial charge in [0.15, 0.2) is 0 Å². The van der Waals surface area contributed by atoms with Gasteiger partial charge in [0.2, 0.25) is 0 Å². The van der Waals surface area contributed by atoms with E-state index in [1.165, 1.54) is 11.3 Å². The molecular weight excluding hydrogens is 328 g/mol. The molecule has 1 amide bonds. The topological polar surface area (TPSA) is 57.7 Å². The molecule has 26 heavy (non-hydrogen) atoms. The van der Waals surface area contributed by atoms with Gasteiger partial charge in [-0.2, -0.15) is 0 Å². The maximum Gasteiger partial charge on any atom is 0.410 e. The first-order chi connectivity index (χ1) is 12.5. The van der Waals surface area contributed by atoms with E-state index >= 15 is 0 Å². The molecule has 0 radical (unpaired) electrons. The smallest absolute Gasteiger partial charge is 0.410 e. The van der Waals surface area contributed by atoms with Crippen molar-refractivity contribution in [2.75, 3.05) is 46.3 Å². The molecule has 3 fully saturated rings. The fraction of sp³-hybridized carbons (Fsp3) is 0.700. The Bertz CT molecular complexity index is 646. The minimum Gasteiger partial charge on any atom is -0.441 e. The third kappa shape index (κ3) is 3.32. The number of nitrogens with zero attached hydrogens (tertiary/aromatic N) is 3. The lowest BCUT2D eigenvalue weighted by Gasteiger charge is -2.44. The Morgan fingerprint density at radius 1 is 1.19 bits per heavy atom. The molecule has 4 heterocycles. The molecule has 0 bridgehead atoms. The largest absolute Gasteiger partial charge is 0.441 e. The fourth-order valence-electron chi connectivity index (χ4n) is 4.78. The van der Waals surface area contributed by atoms with Gasteiger partial charge in [0.05, 0.1) is 6.54 Å². The van der Waals surface area contributed by atoms with Crippen LogP contribution >= 0.6 is 0 Å². The first-order valence-corrected chi connectivity index (χ1v) is 9.81. The summed E-state index contributed by atoms with van der Waals surface area (Å²) in [6.45, 7) is 7.95. The third-order valence-electron chi connectivity index (χ3n) is 6.45. The van der Waals surface area contributed by atoms with Crippen LogP contribution in [0.1, 0.15) is 36.9 Å². The number of carbonyl (C=O) groups is 1. The zero-order valence-corrected chi connectivity index (χ0v) is 16.0. The first kappa shape index (κ1) is 17.7. The van der Waals surface area contributed by atoms with E-state index in [2.05, 4.69) is 29.3 Å². The number of hydrogen-bond donors (Lipinski definition) is 1. The molecular formula is C20H30N4O2. The molecule has 3 aliphatic heterocycles. The van der Waals surface area contributed by atoms with E-state index in [4.69, 9.17) is 9.72 Å². The van der Waals surface area contributed by atoms with Crippen molar-refractivity contribution in [3.8, 4) is 0 Å². The Morgan fingerprint density at radius 2 is 1.92 bits per heavy atom. The van der Waals surface area contributed by atoms with E-state index in [0.717, 1.165) is 65.0 Å². The highest BCUT2D eigenvalue weighted by molar-refractivity contribution is 5.70. The van der Waals surface area contributed by atoms with Gasteiger partial charge in [0.25, 0.3) is 0 Å². The van der Waals surface area contributed by atoms with E-state index in [0.29, 0.717) is 0 Å². The van der Waals surface area contributed by atoms with Crippen molar-refractivity contribution in [1.82, 2.24) is 20.1 Å². The molecule has 1 spiro atoms. The van der Waals surface area contributed by atoms with Gasteiger partial charge in [0, 0.05) is 56.8 Å². The molecule has 0 saturated carbocycles. The summed E-state index contributed by atoms with van der Waals surface area (Å²) in [6, 6.07) is 4.41. The van der Waals surface area contributed by atoms with Crippen molar-refractivity contribution >= 4 is 6.09 Å². The number of aryl methyl sites for hydroxylation is 1. The van der Waals surface area contributed by atoms with Gasteiger partial charge in [0.1, 0.15) is 5.60 Å². The van der Waals surface area contributed by atoms with E-state index < -0.39 is 0 Å². The number of ether oxygens (including phenoxy) is 1. The zero-order valence-electron chi connectivity index (χ0n) is 16.0. The van der Waals surface area contributed by atoms with Gasteiger partial charge >= 0.3 is 6.09 Å². The van der Waals surface area contributed by atoms with Crippen molar-refractivity contribution in [3.05, 3.63) is 29.6 Å². The molecule has 1 aromatic rings. The van der Waals surface area contributed by atoms with Gasteiger partial charge in [-0.1, -0.05) is 6.07 Å². The van der Waals surface area contributed by atoms with Crippen molar-refractivity contribution in [2.24, 2.45) is 0 Å². The maximum absolute atomic E-state index is 11.8. The molecule has 4 rings (SSSR count). The van der Waals surface area contributed by atoms with Crippen molar-refractivity contribution in [3.63, 3.8) is 0 Å². The van der Waals surface area contributed by atoms with Gasteiger partial charge in [-0.3, -0.25) is 4.98 Å². The predicted octanol–water partition coefficient (Wildman–Crippen LogP) is 1.93. The Morgan fingerprint density at radius 3 is 2.50 bits per heavy atom. The van der Waals surface area contributed by atoms with Gasteiger partial charge in [-0.05, 0) is 44.5 Å². The summed E-state index contributed by atoms with van der Waals surface area (Å²) >= 11 is 0. The highest BCUT2D eigenvalue weighted by Gasteiger charge is 2.47. The highest BCUT2D eigenvalue weighted by atomic mass is 16.6. The first-order valence-electron chi connectivity index (χ1n) is 9.81. The van der Waals surface area contributed by atoms with Crippen LogP contribution in [0, 0.1) is 6.92 Å². The van der Waals surface area contributed by atoms with Crippen LogP contribution in [-0.2, 0) is 10.2 Å². The van der Waals surface area contributed by atoms with Crippen LogP contribution in [0.5, 0.6) is 0 Å². The molecule has 6 nitrogen and oxygen atoms in total. The quantitative estimate of drug-likeness (QED) is 0.895. The number of carbonyl (C=O) groups excluding carboxylic acids is 1. The summed E-state index contributed by atoms with van der Waals surface area (Å²) in [5.41, 5.74) is 2.32. The monoisotopic (exact) mass is 358 g/mol. The van der Waals surface area contributed by atoms with Crippen molar-refractivity contribution in [2.45, 2.75) is 43.6 Å². The fourth-order valence-corrected chi connectivity index (χ4v) is 4.78. The molecule has 6 heteroatoms. The van der Waals surface area contributed by atoms with Crippen LogP contribution in [0.25, 0.3) is 0 Å². The normalized spacial score (nSPS) is 25.5. The Hall–Kier alpha value is -1.66. The molecule has 1 N–H and O–H groups in total. The van der Waals surface area contributed by atoms with Crippen LogP contribution in [0.4, 0.5) is 4.79 Å². The van der Waals surface area contributed by atoms with E-state index in [-0.39, 0.29) is 17.1 Å². The van der Waals surface area contributed by atoms with Gasteiger partial charge in [-0.25, -0.2) is 4.79 Å². The van der Waals surface area contributed by atoms with Crippen molar-refractivity contribution < 1.29 is 9.53 Å². The summed E-state index contributed by atoms with van der Waals surface area (Å²) in [5, 5.41) is 3.50. The van der Waals surface area contributed by atoms with Crippen LogP contribution in [0.3, 0.4) is 0 Å². The molecule has 0 unspecified atom stereocenters. The summed E-state index contributed by atoms with van der Waals surface area (Å²) in [5.74, 6) is 0. The van der Waals surface area contributed by atoms with E-state index in [1.807, 2.05) is 13.2 Å². The second-order valence-corrected chi connectivity index (χ2v) is 8.43. The van der Waals surface area contributed by atoms with E-state index in [9.17, 15) is 4.79 Å². The lowest BCUT2D eigenvalue weighted by atomic mass is 9.74. The number of amides is 1. The van der Waals surface area contributed by atoms with Crippen LogP contribution in [0.2, 0.25) is 0 Å². The SMILES string of the molecule is Cc1ccc(C2(CN3CCC4(CC3)CN(C)C(=O)O4)CCNCC2)nc1. The average Bonchev–Trinajstić information content (AvgIpc) is 2.92. The number of hydrogen-bond acceptors (Lipinski definition) is 5. The molecule has 0 atom stereocenters. The van der Waals surface area contributed by atoms with Crippen molar-refractivity contribution in [1.29, 1.82) is 0 Å². The van der Waals surface area contributed by atoms with Gasteiger partial charge in [-0.15, -0.1) is 0 Å². The minimum atomic E-state index is -0.258. The minimum absolute atomic E-state index is 0.132. The number of rotatable bonds is 3. The summed E-state index contributed by atoms with van der Waals surface area (Å²) in [6.07, 6.45) is 5.94. The van der Waals surface area contributed by atoms with Gasteiger partial charge < -0.3 is 19.9 Å². The zero-order chi connectivity index (χ0) is 18.2.